The first kappa shape index (κ1) is 15.0. The highest BCUT2D eigenvalue weighted by Gasteiger charge is 2.45. The van der Waals surface area contributed by atoms with E-state index in [4.69, 9.17) is 0 Å². The van der Waals surface area contributed by atoms with E-state index in [9.17, 15) is 0 Å². The maximum Gasteiger partial charge on any atom is 0.0843 e. The van der Waals surface area contributed by atoms with Gasteiger partial charge in [0.05, 0.1) is 5.69 Å². The van der Waals surface area contributed by atoms with Crippen molar-refractivity contribution < 1.29 is 0 Å². The minimum absolute atomic E-state index is 0.340. The van der Waals surface area contributed by atoms with Gasteiger partial charge in [0.25, 0.3) is 0 Å². The van der Waals surface area contributed by atoms with Crippen LogP contribution in [-0.2, 0) is 13.5 Å². The lowest BCUT2D eigenvalue weighted by atomic mass is 9.82. The Morgan fingerprint density at radius 3 is 2.48 bits per heavy atom. The molecule has 5 nitrogen and oxygen atoms in total. The second-order valence-electron chi connectivity index (χ2n) is 6.79. The van der Waals surface area contributed by atoms with Gasteiger partial charge in [-0.2, -0.15) is 0 Å². The van der Waals surface area contributed by atoms with Crippen molar-refractivity contribution in [3.8, 4) is 0 Å². The van der Waals surface area contributed by atoms with Crippen molar-refractivity contribution in [3.63, 3.8) is 0 Å². The maximum absolute atomic E-state index is 4.31. The SMILES string of the molecule is CNC(Cc1cn(C)nn1)C1(N2CCCCC2)CCCC1. The molecule has 0 bridgehead atoms. The number of nitrogens with zero attached hydrogens (tertiary/aromatic N) is 4. The molecule has 1 unspecified atom stereocenters. The van der Waals surface area contributed by atoms with Crippen molar-refractivity contribution in [3.05, 3.63) is 11.9 Å². The van der Waals surface area contributed by atoms with E-state index < -0.39 is 0 Å². The predicted octanol–water partition coefficient (Wildman–Crippen LogP) is 1.74. The molecule has 2 fully saturated rings. The van der Waals surface area contributed by atoms with Gasteiger partial charge >= 0.3 is 0 Å². The van der Waals surface area contributed by atoms with Gasteiger partial charge in [0.1, 0.15) is 0 Å². The molecule has 0 amide bonds. The molecule has 0 aromatic carbocycles. The molecule has 1 aromatic rings. The van der Waals surface area contributed by atoms with E-state index in [1.165, 1.54) is 58.0 Å². The zero-order chi connectivity index (χ0) is 14.7. The van der Waals surface area contributed by atoms with Crippen LogP contribution < -0.4 is 5.32 Å². The normalized spacial score (nSPS) is 24.3. The van der Waals surface area contributed by atoms with Gasteiger partial charge in [-0.15, -0.1) is 5.10 Å². The highest BCUT2D eigenvalue weighted by atomic mass is 15.4. The van der Waals surface area contributed by atoms with E-state index in [1.54, 1.807) is 0 Å². The van der Waals surface area contributed by atoms with Crippen LogP contribution in [0.25, 0.3) is 0 Å². The molecule has 2 aliphatic rings. The van der Waals surface area contributed by atoms with Crippen LogP contribution in [0.4, 0.5) is 0 Å². The van der Waals surface area contributed by atoms with E-state index >= 15 is 0 Å². The van der Waals surface area contributed by atoms with E-state index in [0.29, 0.717) is 11.6 Å². The molecule has 5 heteroatoms. The lowest BCUT2D eigenvalue weighted by Crippen LogP contribution is -2.61. The highest BCUT2D eigenvalue weighted by Crippen LogP contribution is 2.40. The molecular weight excluding hydrogens is 262 g/mol. The van der Waals surface area contributed by atoms with Gasteiger partial charge in [-0.1, -0.05) is 24.5 Å². The van der Waals surface area contributed by atoms with Crippen molar-refractivity contribution in [1.82, 2.24) is 25.2 Å². The van der Waals surface area contributed by atoms with Gasteiger partial charge in [-0.25, -0.2) is 0 Å². The molecule has 21 heavy (non-hydrogen) atoms. The Hall–Kier alpha value is -0.940. The first-order valence-corrected chi connectivity index (χ1v) is 8.52. The summed E-state index contributed by atoms with van der Waals surface area (Å²) >= 11 is 0. The third kappa shape index (κ3) is 2.99. The number of piperidine rings is 1. The van der Waals surface area contributed by atoms with Gasteiger partial charge in [-0.05, 0) is 45.8 Å². The summed E-state index contributed by atoms with van der Waals surface area (Å²) in [5, 5.41) is 12.0. The number of likely N-dealkylation sites (N-methyl/N-ethyl adjacent to an activating group) is 1. The van der Waals surface area contributed by atoms with Crippen LogP contribution in [0.1, 0.15) is 50.6 Å². The Bertz CT molecular complexity index is 443. The molecule has 1 aliphatic carbocycles. The summed E-state index contributed by atoms with van der Waals surface area (Å²) in [5.74, 6) is 0. The molecule has 1 aromatic heterocycles. The molecule has 118 valence electrons. The molecule has 1 saturated heterocycles. The Morgan fingerprint density at radius 2 is 1.90 bits per heavy atom. The van der Waals surface area contributed by atoms with Gasteiger partial charge < -0.3 is 5.32 Å². The number of hydrogen-bond acceptors (Lipinski definition) is 4. The summed E-state index contributed by atoms with van der Waals surface area (Å²) in [6.07, 6.45) is 12.6. The fourth-order valence-electron chi connectivity index (χ4n) is 4.47. The average Bonchev–Trinajstić information content (AvgIpc) is 3.15. The van der Waals surface area contributed by atoms with Crippen LogP contribution in [0.15, 0.2) is 6.20 Å². The first-order chi connectivity index (χ1) is 10.2. The number of likely N-dealkylation sites (tertiary alicyclic amines) is 1. The van der Waals surface area contributed by atoms with Gasteiger partial charge in [0, 0.05) is 31.2 Å². The fraction of sp³-hybridized carbons (Fsp3) is 0.875. The summed E-state index contributed by atoms with van der Waals surface area (Å²) < 4.78 is 1.81. The summed E-state index contributed by atoms with van der Waals surface area (Å²) in [4.78, 5) is 2.79. The second kappa shape index (κ2) is 6.44. The molecular formula is C16H29N5. The summed E-state index contributed by atoms with van der Waals surface area (Å²) in [5.41, 5.74) is 1.45. The number of nitrogens with one attached hydrogen (secondary N) is 1. The molecule has 1 N–H and O–H groups in total. The molecule has 1 aliphatic heterocycles. The maximum atomic E-state index is 4.31. The zero-order valence-corrected chi connectivity index (χ0v) is 13.5. The molecule has 3 rings (SSSR count). The summed E-state index contributed by atoms with van der Waals surface area (Å²) in [6.45, 7) is 2.55. The molecule has 1 saturated carbocycles. The highest BCUT2D eigenvalue weighted by molar-refractivity contribution is 5.09. The minimum Gasteiger partial charge on any atom is -0.315 e. The predicted molar refractivity (Wildman–Crippen MR) is 84.2 cm³/mol. The van der Waals surface area contributed by atoms with Crippen molar-refractivity contribution >= 4 is 0 Å². The third-order valence-electron chi connectivity index (χ3n) is 5.52. The lowest BCUT2D eigenvalue weighted by molar-refractivity contribution is 0.0386. The van der Waals surface area contributed by atoms with Crippen molar-refractivity contribution in [1.29, 1.82) is 0 Å². The van der Waals surface area contributed by atoms with E-state index in [0.717, 1.165) is 12.1 Å². The van der Waals surface area contributed by atoms with Crippen LogP contribution >= 0.6 is 0 Å². The number of hydrogen-bond donors (Lipinski definition) is 1. The molecule has 0 spiro atoms. The van der Waals surface area contributed by atoms with E-state index in [1.807, 2.05) is 11.7 Å². The molecule has 0 radical (unpaired) electrons. The minimum atomic E-state index is 0.340. The quantitative estimate of drug-likeness (QED) is 0.898. The van der Waals surface area contributed by atoms with Crippen LogP contribution in [0.5, 0.6) is 0 Å². The topological polar surface area (TPSA) is 46.0 Å². The summed E-state index contributed by atoms with van der Waals surface area (Å²) in [7, 11) is 4.06. The van der Waals surface area contributed by atoms with E-state index in [2.05, 4.69) is 33.8 Å². The zero-order valence-electron chi connectivity index (χ0n) is 13.5. The first-order valence-electron chi connectivity index (χ1n) is 8.52. The van der Waals surface area contributed by atoms with Gasteiger partial charge in [0.15, 0.2) is 0 Å². The second-order valence-corrected chi connectivity index (χ2v) is 6.79. The third-order valence-corrected chi connectivity index (χ3v) is 5.52. The Morgan fingerprint density at radius 1 is 1.19 bits per heavy atom. The Labute approximate surface area is 128 Å². The number of rotatable bonds is 5. The monoisotopic (exact) mass is 291 g/mol. The average molecular weight is 291 g/mol. The number of aryl methyl sites for hydroxylation is 1. The molecule has 2 heterocycles. The van der Waals surface area contributed by atoms with Crippen molar-refractivity contribution in [2.45, 2.75) is 62.9 Å². The van der Waals surface area contributed by atoms with Crippen molar-refractivity contribution in [2.75, 3.05) is 20.1 Å². The van der Waals surface area contributed by atoms with Gasteiger partial charge in [0.2, 0.25) is 0 Å². The largest absolute Gasteiger partial charge is 0.315 e. The lowest BCUT2D eigenvalue weighted by Gasteiger charge is -2.48. The van der Waals surface area contributed by atoms with Crippen LogP contribution in [0, 0.1) is 0 Å². The fourth-order valence-corrected chi connectivity index (χ4v) is 4.47. The van der Waals surface area contributed by atoms with Crippen LogP contribution in [0.3, 0.4) is 0 Å². The van der Waals surface area contributed by atoms with Crippen LogP contribution in [0.2, 0.25) is 0 Å². The number of aromatic nitrogens is 3. The Balaban J connectivity index is 1.79. The van der Waals surface area contributed by atoms with Crippen LogP contribution in [-0.4, -0.2) is 51.6 Å². The summed E-state index contributed by atoms with van der Waals surface area (Å²) in [6, 6.07) is 0.481. The smallest absolute Gasteiger partial charge is 0.0843 e. The van der Waals surface area contributed by atoms with Gasteiger partial charge in [-0.3, -0.25) is 9.58 Å². The molecule has 1 atom stereocenters. The Kier molecular flexibility index (Phi) is 4.60. The standard InChI is InChI=1S/C16H29N5/c1-17-15(12-14-13-20(2)19-18-14)16(8-4-5-9-16)21-10-6-3-7-11-21/h13,15,17H,3-12H2,1-2H3. The van der Waals surface area contributed by atoms with Crippen molar-refractivity contribution in [2.24, 2.45) is 7.05 Å². The van der Waals surface area contributed by atoms with E-state index in [-0.39, 0.29) is 0 Å².